The standard InChI is InChI=1S/C32H38F4N6O3/c1-4-25(32(34,35)36)13-14-27(44-3)15-17-40(2)31(39-30-24(9-7-16-38-43)8-5-12-29(30)33)42-20-18-41(19-21-42)26-10-6-11-28(22-26)45-23-37/h4,6,8,10-11,13-14,22H,1,5,7,9,12,15-21H2,2-3H3/b25-13+,27-14+,39-31?. The van der Waals surface area contributed by atoms with Crippen LogP contribution >= 0.6 is 0 Å². The minimum absolute atomic E-state index is 0.119. The Bertz CT molecular complexity index is 1390. The molecule has 0 amide bonds. The van der Waals surface area contributed by atoms with E-state index in [1.165, 1.54) is 13.2 Å². The molecule has 0 saturated carbocycles. The summed E-state index contributed by atoms with van der Waals surface area (Å²) in [6.07, 6.45) is 3.95. The number of alkyl halides is 3. The molecule has 3 rings (SSSR count). The Hall–Kier alpha value is -4.60. The van der Waals surface area contributed by atoms with E-state index in [4.69, 9.17) is 19.7 Å². The third kappa shape index (κ3) is 10.2. The summed E-state index contributed by atoms with van der Waals surface area (Å²) >= 11 is 0. The Balaban J connectivity index is 1.87. The molecule has 0 unspecified atom stereocenters. The minimum Gasteiger partial charge on any atom is -0.501 e. The number of allylic oxidation sites excluding steroid dienone is 7. The van der Waals surface area contributed by atoms with Crippen molar-refractivity contribution in [3.05, 3.63) is 88.5 Å². The molecule has 2 aliphatic rings. The number of rotatable bonds is 13. The average Bonchev–Trinajstić information content (AvgIpc) is 3.02. The number of hydrogen-bond acceptors (Lipinski definition) is 7. The minimum atomic E-state index is -4.54. The number of ether oxygens (including phenoxy) is 2. The fourth-order valence-electron chi connectivity index (χ4n) is 5.00. The van der Waals surface area contributed by atoms with Crippen LogP contribution in [0, 0.1) is 16.4 Å². The van der Waals surface area contributed by atoms with Gasteiger partial charge in [-0.1, -0.05) is 30.0 Å². The van der Waals surface area contributed by atoms with Crippen molar-refractivity contribution in [3.8, 4) is 12.0 Å². The van der Waals surface area contributed by atoms with Crippen LogP contribution in [0.3, 0.4) is 0 Å². The van der Waals surface area contributed by atoms with Crippen LogP contribution in [0.5, 0.6) is 5.75 Å². The largest absolute Gasteiger partial charge is 0.501 e. The van der Waals surface area contributed by atoms with Gasteiger partial charge in [0.05, 0.1) is 25.0 Å². The molecule has 0 atom stereocenters. The molecule has 1 aromatic carbocycles. The fraction of sp³-hybridized carbons (Fsp3) is 0.438. The number of nitroso groups, excluding NO2 is 1. The predicted molar refractivity (Wildman–Crippen MR) is 166 cm³/mol. The molecular weight excluding hydrogens is 592 g/mol. The lowest BCUT2D eigenvalue weighted by molar-refractivity contribution is -0.0881. The summed E-state index contributed by atoms with van der Waals surface area (Å²) in [6, 6.07) is 7.23. The van der Waals surface area contributed by atoms with Crippen molar-refractivity contribution in [1.82, 2.24) is 9.80 Å². The molecule has 1 aliphatic carbocycles. The molecule has 0 radical (unpaired) electrons. The molecule has 1 saturated heterocycles. The van der Waals surface area contributed by atoms with Crippen molar-refractivity contribution in [2.75, 3.05) is 58.3 Å². The van der Waals surface area contributed by atoms with Gasteiger partial charge in [0.2, 0.25) is 5.96 Å². The zero-order chi connectivity index (χ0) is 32.8. The van der Waals surface area contributed by atoms with Crippen LogP contribution < -0.4 is 9.64 Å². The fourth-order valence-corrected chi connectivity index (χ4v) is 5.00. The summed E-state index contributed by atoms with van der Waals surface area (Å²) < 4.78 is 65.1. The topological polar surface area (TPSA) is 93.8 Å². The number of nitriles is 1. The molecule has 242 valence electrons. The van der Waals surface area contributed by atoms with E-state index in [0.717, 1.165) is 17.8 Å². The van der Waals surface area contributed by atoms with Crippen molar-refractivity contribution in [1.29, 1.82) is 5.26 Å². The van der Waals surface area contributed by atoms with E-state index >= 15 is 4.39 Å². The van der Waals surface area contributed by atoms with Crippen molar-refractivity contribution < 1.29 is 27.0 Å². The summed E-state index contributed by atoms with van der Waals surface area (Å²) in [5, 5.41) is 11.8. The number of halogens is 4. The van der Waals surface area contributed by atoms with E-state index in [2.05, 4.69) is 16.7 Å². The van der Waals surface area contributed by atoms with Crippen LogP contribution in [0.4, 0.5) is 23.2 Å². The number of hydrogen-bond donors (Lipinski definition) is 0. The predicted octanol–water partition coefficient (Wildman–Crippen LogP) is 7.00. The van der Waals surface area contributed by atoms with Gasteiger partial charge in [-0.25, -0.2) is 9.38 Å². The van der Waals surface area contributed by atoms with E-state index in [0.29, 0.717) is 75.0 Å². The highest BCUT2D eigenvalue weighted by Gasteiger charge is 2.31. The van der Waals surface area contributed by atoms with Crippen LogP contribution in [0.15, 0.2) is 93.7 Å². The average molecular weight is 631 g/mol. The van der Waals surface area contributed by atoms with Gasteiger partial charge in [0, 0.05) is 64.4 Å². The lowest BCUT2D eigenvalue weighted by Crippen LogP contribution is -2.53. The molecule has 0 bridgehead atoms. The molecule has 1 fully saturated rings. The summed E-state index contributed by atoms with van der Waals surface area (Å²) in [4.78, 5) is 21.5. The molecular formula is C32H38F4N6O3. The Labute approximate surface area is 261 Å². The molecule has 0 spiro atoms. The van der Waals surface area contributed by atoms with Crippen molar-refractivity contribution >= 4 is 11.6 Å². The highest BCUT2D eigenvalue weighted by Crippen LogP contribution is 2.31. The van der Waals surface area contributed by atoms with E-state index in [1.54, 1.807) is 25.4 Å². The van der Waals surface area contributed by atoms with Crippen LogP contribution in [-0.2, 0) is 4.74 Å². The van der Waals surface area contributed by atoms with Crippen LogP contribution in [-0.4, -0.2) is 75.4 Å². The van der Waals surface area contributed by atoms with Crippen molar-refractivity contribution in [3.63, 3.8) is 0 Å². The molecule has 0 aromatic heterocycles. The smallest absolute Gasteiger partial charge is 0.416 e. The Morgan fingerprint density at radius 3 is 2.62 bits per heavy atom. The number of nitrogens with zero attached hydrogens (tertiary/aromatic N) is 6. The molecule has 1 aromatic rings. The number of guanidine groups is 1. The number of methoxy groups -OCH3 is 1. The third-order valence-corrected chi connectivity index (χ3v) is 7.43. The SMILES string of the molecule is C=C/C(=C\C=C(/CCN(C)C(=NC1=C(F)CCC=C1CCCN=O)N1CCN(c2cccc(OC#N)c2)CC1)OC)C(F)(F)F. The van der Waals surface area contributed by atoms with E-state index in [-0.39, 0.29) is 30.9 Å². The Morgan fingerprint density at radius 1 is 1.22 bits per heavy atom. The Kier molecular flexibility index (Phi) is 13.2. The molecule has 1 aliphatic heterocycles. The van der Waals surface area contributed by atoms with Crippen molar-refractivity contribution in [2.24, 2.45) is 10.2 Å². The van der Waals surface area contributed by atoms with E-state index < -0.39 is 11.7 Å². The summed E-state index contributed by atoms with van der Waals surface area (Å²) in [5.74, 6) is 0.933. The first kappa shape index (κ1) is 34.9. The van der Waals surface area contributed by atoms with Crippen LogP contribution in [0.2, 0.25) is 0 Å². The summed E-state index contributed by atoms with van der Waals surface area (Å²) in [7, 11) is 3.18. The summed E-state index contributed by atoms with van der Waals surface area (Å²) in [5.41, 5.74) is 0.959. The first-order chi connectivity index (χ1) is 21.6. The highest BCUT2D eigenvalue weighted by molar-refractivity contribution is 5.82. The maximum atomic E-state index is 15.3. The van der Waals surface area contributed by atoms with Gasteiger partial charge < -0.3 is 24.2 Å². The second-order valence-electron chi connectivity index (χ2n) is 10.4. The zero-order valence-electron chi connectivity index (χ0n) is 25.5. The van der Waals surface area contributed by atoms with Crippen LogP contribution in [0.1, 0.15) is 32.1 Å². The highest BCUT2D eigenvalue weighted by atomic mass is 19.4. The maximum Gasteiger partial charge on any atom is 0.416 e. The number of anilines is 1. The van der Waals surface area contributed by atoms with E-state index in [9.17, 15) is 18.1 Å². The monoisotopic (exact) mass is 630 g/mol. The number of aliphatic imine (C=N–C) groups is 1. The first-order valence-corrected chi connectivity index (χ1v) is 14.6. The molecule has 13 heteroatoms. The molecule has 9 nitrogen and oxygen atoms in total. The molecule has 45 heavy (non-hydrogen) atoms. The Morgan fingerprint density at radius 2 is 1.98 bits per heavy atom. The number of piperazine rings is 1. The third-order valence-electron chi connectivity index (χ3n) is 7.43. The molecule has 1 heterocycles. The maximum absolute atomic E-state index is 15.3. The zero-order valence-corrected chi connectivity index (χ0v) is 25.5. The summed E-state index contributed by atoms with van der Waals surface area (Å²) in [6.45, 7) is 5.97. The number of benzene rings is 1. The first-order valence-electron chi connectivity index (χ1n) is 14.6. The van der Waals surface area contributed by atoms with Gasteiger partial charge in [-0.3, -0.25) is 0 Å². The van der Waals surface area contributed by atoms with Gasteiger partial charge in [-0.15, -0.1) is 5.26 Å². The van der Waals surface area contributed by atoms with Gasteiger partial charge in [-0.2, -0.15) is 18.1 Å². The second-order valence-corrected chi connectivity index (χ2v) is 10.4. The quantitative estimate of drug-likeness (QED) is 0.0339. The van der Waals surface area contributed by atoms with Gasteiger partial charge in [0.25, 0.3) is 6.26 Å². The second kappa shape index (κ2) is 17.0. The van der Waals surface area contributed by atoms with E-state index in [1.807, 2.05) is 28.0 Å². The lowest BCUT2D eigenvalue weighted by atomic mass is 9.98. The van der Waals surface area contributed by atoms with Gasteiger partial charge >= 0.3 is 6.18 Å². The normalized spacial score (nSPS) is 16.6. The lowest BCUT2D eigenvalue weighted by Gasteiger charge is -2.40. The van der Waals surface area contributed by atoms with Gasteiger partial charge in [0.15, 0.2) is 0 Å². The van der Waals surface area contributed by atoms with Gasteiger partial charge in [0.1, 0.15) is 17.3 Å². The van der Waals surface area contributed by atoms with Crippen molar-refractivity contribution in [2.45, 2.75) is 38.3 Å². The molecule has 0 N–H and O–H groups in total. The van der Waals surface area contributed by atoms with Crippen LogP contribution in [0.25, 0.3) is 0 Å². The van der Waals surface area contributed by atoms with Gasteiger partial charge in [-0.05, 0) is 49.1 Å².